The second-order valence-electron chi connectivity index (χ2n) is 4.13. The molecular formula is C12H12F2N2. The van der Waals surface area contributed by atoms with E-state index >= 15 is 0 Å². The molecule has 0 saturated carbocycles. The monoisotopic (exact) mass is 222 g/mol. The third kappa shape index (κ3) is 2.56. The molecule has 4 heteroatoms. The standard InChI is InChI=1S/C12H12F2N2/c13-12(14)4-5-16(9-12)8-11-3-1-2-10(6-11)7-15/h1-3,6H,4-5,8-9H2. The lowest BCUT2D eigenvalue weighted by Gasteiger charge is -2.15. The minimum Gasteiger partial charge on any atom is -0.293 e. The number of nitriles is 1. The van der Waals surface area contributed by atoms with Crippen LogP contribution in [0.2, 0.25) is 0 Å². The van der Waals surface area contributed by atoms with Crippen LogP contribution in [0.15, 0.2) is 24.3 Å². The normalized spacial score (nSPS) is 19.6. The lowest BCUT2D eigenvalue weighted by molar-refractivity contribution is 0.0115. The Labute approximate surface area is 93.1 Å². The van der Waals surface area contributed by atoms with Crippen LogP contribution in [0.3, 0.4) is 0 Å². The summed E-state index contributed by atoms with van der Waals surface area (Å²) in [4.78, 5) is 1.72. The van der Waals surface area contributed by atoms with Gasteiger partial charge in [0, 0.05) is 19.5 Å². The highest BCUT2D eigenvalue weighted by atomic mass is 19.3. The Morgan fingerprint density at radius 3 is 2.88 bits per heavy atom. The summed E-state index contributed by atoms with van der Waals surface area (Å²) in [6.45, 7) is 0.735. The maximum absolute atomic E-state index is 12.9. The summed E-state index contributed by atoms with van der Waals surface area (Å²) in [6.07, 6.45) is -0.0645. The van der Waals surface area contributed by atoms with E-state index in [4.69, 9.17) is 5.26 Å². The predicted molar refractivity (Wildman–Crippen MR) is 56.0 cm³/mol. The molecule has 0 amide bonds. The van der Waals surface area contributed by atoms with E-state index in [1.165, 1.54) is 0 Å². The average molecular weight is 222 g/mol. The summed E-state index contributed by atoms with van der Waals surface area (Å²) in [6, 6.07) is 9.14. The van der Waals surface area contributed by atoms with Gasteiger partial charge in [-0.05, 0) is 17.7 Å². The van der Waals surface area contributed by atoms with Gasteiger partial charge in [-0.15, -0.1) is 0 Å². The van der Waals surface area contributed by atoms with Crippen molar-refractivity contribution in [2.75, 3.05) is 13.1 Å². The first kappa shape index (κ1) is 11.0. The quantitative estimate of drug-likeness (QED) is 0.768. The lowest BCUT2D eigenvalue weighted by atomic mass is 10.1. The molecule has 0 bridgehead atoms. The van der Waals surface area contributed by atoms with E-state index in [-0.39, 0.29) is 13.0 Å². The number of hydrogen-bond acceptors (Lipinski definition) is 2. The molecule has 1 aromatic rings. The smallest absolute Gasteiger partial charge is 0.261 e. The van der Waals surface area contributed by atoms with E-state index in [0.717, 1.165) is 5.56 Å². The second-order valence-corrected chi connectivity index (χ2v) is 4.13. The van der Waals surface area contributed by atoms with Gasteiger partial charge in [-0.2, -0.15) is 5.26 Å². The summed E-state index contributed by atoms with van der Waals surface area (Å²) in [5, 5.41) is 8.72. The van der Waals surface area contributed by atoms with Gasteiger partial charge < -0.3 is 0 Å². The third-order valence-electron chi connectivity index (χ3n) is 2.71. The lowest BCUT2D eigenvalue weighted by Crippen LogP contribution is -2.24. The van der Waals surface area contributed by atoms with Gasteiger partial charge in [0.1, 0.15) is 0 Å². The molecule has 2 rings (SSSR count). The van der Waals surface area contributed by atoms with Gasteiger partial charge in [0.2, 0.25) is 0 Å². The van der Waals surface area contributed by atoms with Crippen LogP contribution in [0.25, 0.3) is 0 Å². The number of rotatable bonds is 2. The molecule has 0 N–H and O–H groups in total. The van der Waals surface area contributed by atoms with E-state index in [0.29, 0.717) is 18.7 Å². The highest BCUT2D eigenvalue weighted by Gasteiger charge is 2.37. The van der Waals surface area contributed by atoms with Crippen molar-refractivity contribution >= 4 is 0 Å². The Morgan fingerprint density at radius 1 is 1.44 bits per heavy atom. The van der Waals surface area contributed by atoms with Gasteiger partial charge in [0.25, 0.3) is 5.92 Å². The van der Waals surface area contributed by atoms with E-state index in [1.807, 2.05) is 12.1 Å². The number of alkyl halides is 2. The van der Waals surface area contributed by atoms with Crippen molar-refractivity contribution in [3.63, 3.8) is 0 Å². The fourth-order valence-electron chi connectivity index (χ4n) is 1.94. The molecule has 1 aliphatic rings. The highest BCUT2D eigenvalue weighted by Crippen LogP contribution is 2.27. The van der Waals surface area contributed by atoms with Crippen LogP contribution >= 0.6 is 0 Å². The van der Waals surface area contributed by atoms with Crippen molar-refractivity contribution < 1.29 is 8.78 Å². The van der Waals surface area contributed by atoms with Crippen LogP contribution in [0.4, 0.5) is 8.78 Å². The number of likely N-dealkylation sites (tertiary alicyclic amines) is 1. The van der Waals surface area contributed by atoms with E-state index in [2.05, 4.69) is 0 Å². The molecule has 84 valence electrons. The first-order valence-corrected chi connectivity index (χ1v) is 5.18. The SMILES string of the molecule is N#Cc1cccc(CN2CCC(F)(F)C2)c1. The summed E-state index contributed by atoms with van der Waals surface area (Å²) < 4.78 is 25.9. The zero-order chi connectivity index (χ0) is 11.6. The van der Waals surface area contributed by atoms with E-state index in [9.17, 15) is 8.78 Å². The average Bonchev–Trinajstić information content (AvgIpc) is 2.58. The van der Waals surface area contributed by atoms with Gasteiger partial charge in [0.05, 0.1) is 18.2 Å². The molecule has 1 saturated heterocycles. The number of hydrogen-bond donors (Lipinski definition) is 0. The minimum absolute atomic E-state index is 0.0645. The molecule has 1 fully saturated rings. The molecule has 1 heterocycles. The Hall–Kier alpha value is -1.47. The Morgan fingerprint density at radius 2 is 2.25 bits per heavy atom. The molecule has 16 heavy (non-hydrogen) atoms. The van der Waals surface area contributed by atoms with Crippen molar-refractivity contribution in [3.8, 4) is 6.07 Å². The number of halogens is 2. The second kappa shape index (κ2) is 4.18. The van der Waals surface area contributed by atoms with Crippen LogP contribution in [0.5, 0.6) is 0 Å². The van der Waals surface area contributed by atoms with Crippen LogP contribution in [0.1, 0.15) is 17.5 Å². The van der Waals surface area contributed by atoms with Crippen molar-refractivity contribution in [1.82, 2.24) is 4.90 Å². The zero-order valence-corrected chi connectivity index (χ0v) is 8.79. The summed E-state index contributed by atoms with van der Waals surface area (Å²) in [5.41, 5.74) is 1.49. The fraction of sp³-hybridized carbons (Fsp3) is 0.417. The summed E-state index contributed by atoms with van der Waals surface area (Å²) >= 11 is 0. The van der Waals surface area contributed by atoms with Gasteiger partial charge in [0.15, 0.2) is 0 Å². The molecular weight excluding hydrogens is 210 g/mol. The number of nitrogens with zero attached hydrogens (tertiary/aromatic N) is 2. The minimum atomic E-state index is -2.55. The zero-order valence-electron chi connectivity index (χ0n) is 8.79. The first-order valence-electron chi connectivity index (χ1n) is 5.18. The van der Waals surface area contributed by atoms with Crippen LogP contribution < -0.4 is 0 Å². The van der Waals surface area contributed by atoms with Gasteiger partial charge in [-0.3, -0.25) is 4.90 Å². The molecule has 2 nitrogen and oxygen atoms in total. The molecule has 0 aromatic heterocycles. The van der Waals surface area contributed by atoms with Crippen molar-refractivity contribution in [1.29, 1.82) is 5.26 Å². The largest absolute Gasteiger partial charge is 0.293 e. The van der Waals surface area contributed by atoms with E-state index in [1.54, 1.807) is 23.1 Å². The predicted octanol–water partition coefficient (Wildman–Crippen LogP) is 2.40. The Balaban J connectivity index is 2.02. The van der Waals surface area contributed by atoms with Crippen molar-refractivity contribution in [2.24, 2.45) is 0 Å². The Kier molecular flexibility index (Phi) is 2.88. The molecule has 0 aliphatic carbocycles. The number of benzene rings is 1. The summed E-state index contributed by atoms with van der Waals surface area (Å²) in [7, 11) is 0. The molecule has 0 unspecified atom stereocenters. The van der Waals surface area contributed by atoms with Gasteiger partial charge in [-0.1, -0.05) is 12.1 Å². The first-order chi connectivity index (χ1) is 7.59. The molecule has 0 atom stereocenters. The van der Waals surface area contributed by atoms with E-state index < -0.39 is 5.92 Å². The maximum Gasteiger partial charge on any atom is 0.261 e. The molecule has 0 radical (unpaired) electrons. The Bertz CT molecular complexity index is 423. The molecule has 0 spiro atoms. The van der Waals surface area contributed by atoms with Crippen LogP contribution in [0, 0.1) is 11.3 Å². The summed E-state index contributed by atoms with van der Waals surface area (Å²) in [5.74, 6) is -2.55. The third-order valence-corrected chi connectivity index (χ3v) is 2.71. The van der Waals surface area contributed by atoms with Crippen molar-refractivity contribution in [2.45, 2.75) is 18.9 Å². The topological polar surface area (TPSA) is 27.0 Å². The van der Waals surface area contributed by atoms with Crippen LogP contribution in [-0.4, -0.2) is 23.9 Å². The fourth-order valence-corrected chi connectivity index (χ4v) is 1.94. The highest BCUT2D eigenvalue weighted by molar-refractivity contribution is 5.32. The molecule has 1 aromatic carbocycles. The van der Waals surface area contributed by atoms with Gasteiger partial charge in [-0.25, -0.2) is 8.78 Å². The molecule has 1 aliphatic heterocycles. The maximum atomic E-state index is 12.9. The van der Waals surface area contributed by atoms with Crippen LogP contribution in [-0.2, 0) is 6.54 Å². The van der Waals surface area contributed by atoms with Crippen molar-refractivity contribution in [3.05, 3.63) is 35.4 Å². The van der Waals surface area contributed by atoms with Gasteiger partial charge >= 0.3 is 0 Å².